The molecule has 0 aliphatic heterocycles. The SMILES string of the molecule is CC(C)(C)c1ccc2c(c1)c1cc3oc4ccccc4c3c3c4cc(-c5ccccn5)[c-]cc4n2c13.[Ir].[c-]1ccccc1-c1ccccn1. The average molecular weight is 810 g/mol. The van der Waals surface area contributed by atoms with Crippen LogP contribution in [0.15, 0.2) is 138 Å². The van der Waals surface area contributed by atoms with Gasteiger partial charge in [0.05, 0.1) is 5.52 Å². The molecule has 0 saturated heterocycles. The fraction of sp³-hybridized carbons (Fsp3) is 0.0909. The number of nitrogens with zero attached hydrogens (tertiary/aromatic N) is 3. The fourth-order valence-corrected chi connectivity index (χ4v) is 6.97. The molecule has 0 aliphatic carbocycles. The van der Waals surface area contributed by atoms with Crippen LogP contribution in [0.3, 0.4) is 0 Å². The third kappa shape index (κ3) is 5.09. The summed E-state index contributed by atoms with van der Waals surface area (Å²) in [5.41, 5.74) is 10.8. The van der Waals surface area contributed by atoms with Gasteiger partial charge in [0, 0.05) is 64.9 Å². The molecule has 0 amide bonds. The molecule has 0 unspecified atom stereocenters. The maximum absolute atomic E-state index is 6.44. The van der Waals surface area contributed by atoms with Crippen LogP contribution in [0, 0.1) is 12.1 Å². The minimum absolute atomic E-state index is 0. The molecule has 5 aromatic heterocycles. The van der Waals surface area contributed by atoms with Crippen molar-refractivity contribution in [3.63, 3.8) is 0 Å². The van der Waals surface area contributed by atoms with Crippen molar-refractivity contribution in [3.05, 3.63) is 151 Å². The summed E-state index contributed by atoms with van der Waals surface area (Å²) in [4.78, 5) is 8.81. The topological polar surface area (TPSA) is 43.3 Å². The second-order valence-electron chi connectivity index (χ2n) is 13.3. The van der Waals surface area contributed by atoms with Crippen LogP contribution < -0.4 is 0 Å². The van der Waals surface area contributed by atoms with E-state index in [9.17, 15) is 0 Å². The number of rotatable bonds is 2. The predicted molar refractivity (Wildman–Crippen MR) is 198 cm³/mol. The van der Waals surface area contributed by atoms with Crippen LogP contribution in [0.2, 0.25) is 0 Å². The van der Waals surface area contributed by atoms with Gasteiger partial charge in [-0.25, -0.2) is 0 Å². The summed E-state index contributed by atoms with van der Waals surface area (Å²) in [6, 6.07) is 48.2. The standard InChI is InChI=1S/C33H23N2O.C11H8N.Ir/c1-33(2,3)20-12-14-26-22(17-20)23-18-29-30(21-8-4-5-10-28(21)36-29)31-24-16-19(25-9-6-7-15-34-25)11-13-27(24)35(26)32(23)31;1-2-6-10(7-3-1)11-8-4-5-9-12-11;/h4-10,12-18H,1-3H3;1-6,8-9H;/q2*-1;. The Labute approximate surface area is 297 Å². The summed E-state index contributed by atoms with van der Waals surface area (Å²) in [5, 5.41) is 7.26. The number of aromatic nitrogens is 3. The second kappa shape index (κ2) is 12.0. The van der Waals surface area contributed by atoms with Crippen molar-refractivity contribution in [3.8, 4) is 22.5 Å². The first kappa shape index (κ1) is 30.9. The Hall–Kier alpha value is -5.35. The maximum Gasteiger partial charge on any atom is 0.136 e. The molecule has 0 aliphatic rings. The van der Waals surface area contributed by atoms with Gasteiger partial charge in [0.2, 0.25) is 0 Å². The average Bonchev–Trinajstić information content (AvgIpc) is 3.78. The van der Waals surface area contributed by atoms with E-state index in [1.54, 1.807) is 6.20 Å². The molecule has 0 saturated carbocycles. The van der Waals surface area contributed by atoms with Gasteiger partial charge in [0.15, 0.2) is 0 Å². The first-order valence-corrected chi connectivity index (χ1v) is 16.2. The van der Waals surface area contributed by atoms with Crippen molar-refractivity contribution < 1.29 is 24.5 Å². The van der Waals surface area contributed by atoms with E-state index in [-0.39, 0.29) is 25.5 Å². The van der Waals surface area contributed by atoms with Crippen molar-refractivity contribution in [1.82, 2.24) is 14.4 Å². The monoisotopic (exact) mass is 810 g/mol. The van der Waals surface area contributed by atoms with Crippen molar-refractivity contribution in [1.29, 1.82) is 0 Å². The molecule has 10 rings (SSSR count). The fourth-order valence-electron chi connectivity index (χ4n) is 6.97. The van der Waals surface area contributed by atoms with Crippen LogP contribution >= 0.6 is 0 Å². The second-order valence-corrected chi connectivity index (χ2v) is 13.3. The van der Waals surface area contributed by atoms with E-state index in [2.05, 4.69) is 102 Å². The van der Waals surface area contributed by atoms with E-state index in [0.29, 0.717) is 0 Å². The van der Waals surface area contributed by atoms with Crippen LogP contribution in [0.1, 0.15) is 26.3 Å². The maximum atomic E-state index is 6.44. The Morgan fingerprint density at radius 3 is 2.04 bits per heavy atom. The molecule has 0 fully saturated rings. The minimum atomic E-state index is 0. The van der Waals surface area contributed by atoms with Gasteiger partial charge in [0.25, 0.3) is 0 Å². The Morgan fingerprint density at radius 1 is 0.592 bits per heavy atom. The first-order chi connectivity index (χ1) is 23.5. The minimum Gasteiger partial charge on any atom is -0.456 e. The molecule has 0 bridgehead atoms. The first-order valence-electron chi connectivity index (χ1n) is 16.2. The quantitative estimate of drug-likeness (QED) is 0.163. The zero-order valence-corrected chi connectivity index (χ0v) is 29.7. The molecule has 0 N–H and O–H groups in total. The van der Waals surface area contributed by atoms with E-state index >= 15 is 0 Å². The Bertz CT molecular complexity index is 2710. The van der Waals surface area contributed by atoms with Gasteiger partial charge in [-0.1, -0.05) is 74.7 Å². The van der Waals surface area contributed by atoms with Gasteiger partial charge >= 0.3 is 0 Å². The molecule has 5 heterocycles. The van der Waals surface area contributed by atoms with Gasteiger partial charge < -0.3 is 18.8 Å². The number of hydrogen-bond acceptors (Lipinski definition) is 3. The van der Waals surface area contributed by atoms with Crippen LogP contribution in [0.25, 0.3) is 82.5 Å². The van der Waals surface area contributed by atoms with Crippen molar-refractivity contribution in [2.24, 2.45) is 0 Å². The Kier molecular flexibility index (Phi) is 7.55. The predicted octanol–water partition coefficient (Wildman–Crippen LogP) is 11.4. The normalized spacial score (nSPS) is 11.8. The number of hydrogen-bond donors (Lipinski definition) is 0. The summed E-state index contributed by atoms with van der Waals surface area (Å²) in [7, 11) is 0. The molecule has 5 aromatic carbocycles. The van der Waals surface area contributed by atoms with Crippen molar-refractivity contribution in [2.75, 3.05) is 0 Å². The summed E-state index contributed by atoms with van der Waals surface area (Å²) >= 11 is 0. The molecule has 4 nitrogen and oxygen atoms in total. The van der Waals surface area contributed by atoms with Gasteiger partial charge in [-0.3, -0.25) is 0 Å². The number of para-hydroxylation sites is 1. The molecule has 49 heavy (non-hydrogen) atoms. The largest absolute Gasteiger partial charge is 0.456 e. The molecule has 0 spiro atoms. The molecule has 1 radical (unpaired) electrons. The number of pyridine rings is 2. The van der Waals surface area contributed by atoms with Crippen molar-refractivity contribution >= 4 is 60.0 Å². The van der Waals surface area contributed by atoms with E-state index in [4.69, 9.17) is 4.42 Å². The van der Waals surface area contributed by atoms with Gasteiger partial charge in [-0.15, -0.1) is 59.7 Å². The molecule has 239 valence electrons. The molecular weight excluding hydrogens is 779 g/mol. The summed E-state index contributed by atoms with van der Waals surface area (Å²) in [6.45, 7) is 6.81. The Morgan fingerprint density at radius 2 is 1.33 bits per heavy atom. The van der Waals surface area contributed by atoms with E-state index < -0.39 is 0 Å². The van der Waals surface area contributed by atoms with Crippen LogP contribution in [-0.2, 0) is 25.5 Å². The van der Waals surface area contributed by atoms with Crippen molar-refractivity contribution in [2.45, 2.75) is 26.2 Å². The third-order valence-corrected chi connectivity index (χ3v) is 9.29. The molecular formula is C44H31IrN3O-2. The molecule has 0 atom stereocenters. The van der Waals surface area contributed by atoms with Gasteiger partial charge in [-0.05, 0) is 64.3 Å². The zero-order chi connectivity index (χ0) is 32.4. The van der Waals surface area contributed by atoms with E-state index in [1.807, 2.05) is 72.9 Å². The third-order valence-electron chi connectivity index (χ3n) is 9.29. The smallest absolute Gasteiger partial charge is 0.136 e. The van der Waals surface area contributed by atoms with E-state index in [0.717, 1.165) is 44.6 Å². The van der Waals surface area contributed by atoms with Crippen LogP contribution in [-0.4, -0.2) is 14.4 Å². The summed E-state index contributed by atoms with van der Waals surface area (Å²) in [6.07, 6.45) is 3.62. The van der Waals surface area contributed by atoms with E-state index in [1.165, 1.54) is 43.5 Å². The summed E-state index contributed by atoms with van der Waals surface area (Å²) in [5.74, 6) is 0. The number of fused-ring (bicyclic) bond motifs is 10. The molecule has 10 aromatic rings. The molecule has 5 heteroatoms. The van der Waals surface area contributed by atoms with Gasteiger partial charge in [0.1, 0.15) is 11.2 Å². The van der Waals surface area contributed by atoms with Crippen LogP contribution in [0.4, 0.5) is 0 Å². The summed E-state index contributed by atoms with van der Waals surface area (Å²) < 4.78 is 8.86. The van der Waals surface area contributed by atoms with Crippen LogP contribution in [0.5, 0.6) is 0 Å². The Balaban J connectivity index is 0.000000228. The number of benzene rings is 5. The number of furan rings is 1. The zero-order valence-electron chi connectivity index (χ0n) is 27.3. The van der Waals surface area contributed by atoms with Gasteiger partial charge in [-0.2, -0.15) is 0 Å².